The number of allylic oxidation sites excluding steroid dienone is 5. The van der Waals surface area contributed by atoms with E-state index in [2.05, 4.69) is 25.7 Å². The maximum absolute atomic E-state index is 3.73. The van der Waals surface area contributed by atoms with Crippen molar-refractivity contribution in [2.75, 3.05) is 0 Å². The van der Waals surface area contributed by atoms with Crippen LogP contribution in [0.3, 0.4) is 0 Å². The Morgan fingerprint density at radius 3 is 3.10 bits per heavy atom. The van der Waals surface area contributed by atoms with Crippen molar-refractivity contribution in [2.24, 2.45) is 0 Å². The second-order valence-corrected chi connectivity index (χ2v) is 2.72. The third-order valence-electron chi connectivity index (χ3n) is 1.93. The summed E-state index contributed by atoms with van der Waals surface area (Å²) in [6, 6.07) is 0. The molecule has 0 fully saturated rings. The van der Waals surface area contributed by atoms with Gasteiger partial charge in [0.15, 0.2) is 0 Å². The molecule has 0 N–H and O–H groups in total. The lowest BCUT2D eigenvalue weighted by molar-refractivity contribution is 0.904. The van der Waals surface area contributed by atoms with Gasteiger partial charge < -0.3 is 0 Å². The maximum atomic E-state index is 3.73. The Labute approximate surface area is 62.9 Å². The molecule has 0 heterocycles. The molecule has 0 bridgehead atoms. The standard InChI is InChI=1S/C10H14/c1-3-6-10-8-5-4-7-9(10)2/h3-4,7H,1,5-6,8H2,2H3. The molecule has 1 aliphatic rings. The van der Waals surface area contributed by atoms with Gasteiger partial charge in [0.1, 0.15) is 0 Å². The third-order valence-corrected chi connectivity index (χ3v) is 1.93. The normalized spacial score (nSPS) is 17.7. The van der Waals surface area contributed by atoms with Crippen molar-refractivity contribution in [3.05, 3.63) is 36.0 Å². The lowest BCUT2D eigenvalue weighted by atomic mass is 9.96. The van der Waals surface area contributed by atoms with Gasteiger partial charge in [-0.1, -0.05) is 29.4 Å². The van der Waals surface area contributed by atoms with Crippen LogP contribution in [0.5, 0.6) is 0 Å². The van der Waals surface area contributed by atoms with Gasteiger partial charge in [-0.25, -0.2) is 0 Å². The van der Waals surface area contributed by atoms with E-state index >= 15 is 0 Å². The van der Waals surface area contributed by atoms with Gasteiger partial charge >= 0.3 is 0 Å². The van der Waals surface area contributed by atoms with E-state index < -0.39 is 0 Å². The minimum absolute atomic E-state index is 1.07. The van der Waals surface area contributed by atoms with Gasteiger partial charge in [0.25, 0.3) is 0 Å². The van der Waals surface area contributed by atoms with Crippen molar-refractivity contribution < 1.29 is 0 Å². The van der Waals surface area contributed by atoms with E-state index in [-0.39, 0.29) is 0 Å². The summed E-state index contributed by atoms with van der Waals surface area (Å²) in [4.78, 5) is 0. The average molecular weight is 134 g/mol. The van der Waals surface area contributed by atoms with Crippen molar-refractivity contribution >= 4 is 0 Å². The Bertz CT molecular complexity index is 182. The molecule has 0 aromatic carbocycles. The first-order chi connectivity index (χ1) is 4.84. The molecule has 1 aliphatic carbocycles. The fourth-order valence-corrected chi connectivity index (χ4v) is 1.27. The van der Waals surface area contributed by atoms with E-state index in [4.69, 9.17) is 0 Å². The van der Waals surface area contributed by atoms with E-state index in [1.54, 1.807) is 5.57 Å². The van der Waals surface area contributed by atoms with Crippen molar-refractivity contribution in [3.63, 3.8) is 0 Å². The molecular weight excluding hydrogens is 120 g/mol. The minimum Gasteiger partial charge on any atom is -0.103 e. The Hall–Kier alpha value is -0.780. The van der Waals surface area contributed by atoms with Crippen LogP contribution in [0.4, 0.5) is 0 Å². The highest BCUT2D eigenvalue weighted by Gasteiger charge is 2.01. The number of hydrogen-bond acceptors (Lipinski definition) is 0. The minimum atomic E-state index is 1.07. The quantitative estimate of drug-likeness (QED) is 0.509. The summed E-state index contributed by atoms with van der Waals surface area (Å²) in [7, 11) is 0. The van der Waals surface area contributed by atoms with Crippen LogP contribution in [0.25, 0.3) is 0 Å². The van der Waals surface area contributed by atoms with Gasteiger partial charge in [-0.05, 0) is 26.2 Å². The first-order valence-corrected chi connectivity index (χ1v) is 3.80. The van der Waals surface area contributed by atoms with Crippen molar-refractivity contribution in [2.45, 2.75) is 26.2 Å². The molecule has 0 atom stereocenters. The largest absolute Gasteiger partial charge is 0.103 e. The van der Waals surface area contributed by atoms with Gasteiger partial charge in [-0.2, -0.15) is 0 Å². The van der Waals surface area contributed by atoms with Crippen molar-refractivity contribution in [1.82, 2.24) is 0 Å². The molecular formula is C10H14. The summed E-state index contributed by atoms with van der Waals surface area (Å²) in [6.07, 6.45) is 9.94. The first-order valence-electron chi connectivity index (χ1n) is 3.80. The SMILES string of the molecule is C=CCC1=C(C)C=CCC1. The highest BCUT2D eigenvalue weighted by molar-refractivity contribution is 5.28. The fourth-order valence-electron chi connectivity index (χ4n) is 1.27. The van der Waals surface area contributed by atoms with Gasteiger partial charge in [-0.15, -0.1) is 6.58 Å². The Kier molecular flexibility index (Phi) is 2.49. The molecule has 1 rings (SSSR count). The molecule has 0 radical (unpaired) electrons. The van der Waals surface area contributed by atoms with Crippen LogP contribution in [0.1, 0.15) is 26.2 Å². The Balaban J connectivity index is 2.68. The van der Waals surface area contributed by atoms with Gasteiger partial charge in [0.2, 0.25) is 0 Å². The molecule has 0 nitrogen and oxygen atoms in total. The van der Waals surface area contributed by atoms with Crippen LogP contribution in [-0.2, 0) is 0 Å². The van der Waals surface area contributed by atoms with Gasteiger partial charge in [-0.3, -0.25) is 0 Å². The first kappa shape index (κ1) is 7.33. The van der Waals surface area contributed by atoms with E-state index in [0.29, 0.717) is 0 Å². The second kappa shape index (κ2) is 3.40. The molecule has 0 heteroatoms. The third kappa shape index (κ3) is 1.60. The monoisotopic (exact) mass is 134 g/mol. The van der Waals surface area contributed by atoms with Crippen LogP contribution >= 0.6 is 0 Å². The number of rotatable bonds is 2. The molecule has 0 saturated heterocycles. The predicted molar refractivity (Wildman–Crippen MR) is 45.9 cm³/mol. The van der Waals surface area contributed by atoms with Crippen LogP contribution in [0.2, 0.25) is 0 Å². The summed E-state index contributed by atoms with van der Waals surface area (Å²) >= 11 is 0. The molecule has 0 aromatic rings. The van der Waals surface area contributed by atoms with Gasteiger partial charge in [0, 0.05) is 0 Å². The smallest absolute Gasteiger partial charge is 0.0136 e. The Morgan fingerprint density at radius 2 is 2.50 bits per heavy atom. The zero-order chi connectivity index (χ0) is 7.40. The van der Waals surface area contributed by atoms with Crippen molar-refractivity contribution in [3.8, 4) is 0 Å². The zero-order valence-electron chi connectivity index (χ0n) is 6.56. The molecule has 0 aliphatic heterocycles. The summed E-state index contributed by atoms with van der Waals surface area (Å²) < 4.78 is 0. The lowest BCUT2D eigenvalue weighted by Crippen LogP contribution is -1.90. The molecule has 10 heavy (non-hydrogen) atoms. The van der Waals surface area contributed by atoms with Crippen LogP contribution in [0.15, 0.2) is 36.0 Å². The lowest BCUT2D eigenvalue weighted by Gasteiger charge is -2.10. The predicted octanol–water partition coefficient (Wildman–Crippen LogP) is 3.23. The molecule has 0 aromatic heterocycles. The molecule has 54 valence electrons. The molecule has 0 saturated carbocycles. The van der Waals surface area contributed by atoms with Crippen molar-refractivity contribution in [1.29, 1.82) is 0 Å². The summed E-state index contributed by atoms with van der Waals surface area (Å²) in [6.45, 7) is 5.91. The molecule has 0 amide bonds. The fraction of sp³-hybridized carbons (Fsp3) is 0.400. The highest BCUT2D eigenvalue weighted by Crippen LogP contribution is 2.21. The maximum Gasteiger partial charge on any atom is -0.0136 e. The van der Waals surface area contributed by atoms with E-state index in [1.165, 1.54) is 18.4 Å². The summed E-state index contributed by atoms with van der Waals surface area (Å²) in [5.41, 5.74) is 2.99. The topological polar surface area (TPSA) is 0 Å². The molecule has 0 spiro atoms. The van der Waals surface area contributed by atoms with Crippen LogP contribution in [-0.4, -0.2) is 0 Å². The highest BCUT2D eigenvalue weighted by atomic mass is 14.1. The summed E-state index contributed by atoms with van der Waals surface area (Å²) in [5.74, 6) is 0. The second-order valence-electron chi connectivity index (χ2n) is 2.72. The zero-order valence-corrected chi connectivity index (χ0v) is 6.56. The van der Waals surface area contributed by atoms with Crippen LogP contribution in [0, 0.1) is 0 Å². The van der Waals surface area contributed by atoms with Crippen LogP contribution < -0.4 is 0 Å². The number of hydrogen-bond donors (Lipinski definition) is 0. The molecule has 0 unspecified atom stereocenters. The Morgan fingerprint density at radius 1 is 1.70 bits per heavy atom. The van der Waals surface area contributed by atoms with E-state index in [9.17, 15) is 0 Å². The van der Waals surface area contributed by atoms with Gasteiger partial charge in [0.05, 0.1) is 0 Å². The average Bonchev–Trinajstić information content (AvgIpc) is 1.94. The summed E-state index contributed by atoms with van der Waals surface area (Å²) in [5, 5.41) is 0. The van der Waals surface area contributed by atoms with E-state index in [1.807, 2.05) is 6.08 Å². The van der Waals surface area contributed by atoms with E-state index in [0.717, 1.165) is 6.42 Å².